The fourth-order valence-corrected chi connectivity index (χ4v) is 9.78. The molecule has 2 fully saturated rings. The minimum atomic E-state index is -1.05. The van der Waals surface area contributed by atoms with Crippen molar-refractivity contribution in [3.05, 3.63) is 82.1 Å². The molecule has 1 spiro atoms. The molecule has 1 aliphatic heterocycles. The van der Waals surface area contributed by atoms with E-state index in [2.05, 4.69) is 61.2 Å². The second-order valence-electron chi connectivity index (χ2n) is 15.7. The number of benzene rings is 2. The van der Waals surface area contributed by atoms with Gasteiger partial charge in [0.25, 0.3) is 0 Å². The number of anilines is 1. The number of aliphatic carboxylic acids is 1. The third-order valence-electron chi connectivity index (χ3n) is 11.8. The average molecular weight is 672 g/mol. The van der Waals surface area contributed by atoms with Crippen molar-refractivity contribution in [3.63, 3.8) is 0 Å². The van der Waals surface area contributed by atoms with Gasteiger partial charge in [-0.05, 0) is 142 Å². The summed E-state index contributed by atoms with van der Waals surface area (Å²) >= 11 is 6.28. The van der Waals surface area contributed by atoms with E-state index in [1.165, 1.54) is 35.2 Å². The van der Waals surface area contributed by atoms with Gasteiger partial charge >= 0.3 is 5.97 Å². The summed E-state index contributed by atoms with van der Waals surface area (Å²) in [6.07, 6.45) is 9.94. The number of aryl methyl sites for hydroxylation is 1. The molecule has 0 amide bonds. The quantitative estimate of drug-likeness (QED) is 0.224. The Hall–Kier alpha value is -3.29. The Morgan fingerprint density at radius 3 is 2.67 bits per heavy atom. The largest absolute Gasteiger partial charge is 0.493 e. The van der Waals surface area contributed by atoms with Crippen LogP contribution in [0.5, 0.6) is 11.5 Å². The fourth-order valence-electron chi connectivity index (χ4n) is 9.58. The van der Waals surface area contributed by atoms with E-state index >= 15 is 0 Å². The first kappa shape index (κ1) is 33.2. The number of fused-ring (bicyclic) bond motifs is 3. The molecule has 0 radical (unpaired) electrons. The summed E-state index contributed by atoms with van der Waals surface area (Å²) in [5.74, 6) is 2.30. The van der Waals surface area contributed by atoms with E-state index in [0.29, 0.717) is 42.2 Å². The van der Waals surface area contributed by atoms with Crippen molar-refractivity contribution >= 4 is 23.3 Å². The van der Waals surface area contributed by atoms with Crippen LogP contribution < -0.4 is 14.8 Å². The van der Waals surface area contributed by atoms with E-state index < -0.39 is 11.5 Å². The number of carboxylic acids is 1. The lowest BCUT2D eigenvalue weighted by molar-refractivity contribution is -0.144. The summed E-state index contributed by atoms with van der Waals surface area (Å²) in [7, 11) is 2.12. The van der Waals surface area contributed by atoms with Crippen molar-refractivity contribution in [1.29, 1.82) is 0 Å². The van der Waals surface area contributed by atoms with Gasteiger partial charge in [-0.25, -0.2) is 4.79 Å². The standard InChI is InChI=1S/C40H50ClN3O4/c1-26(23-47-35-13-18-42-34-10-5-7-27(2)36(34)35)19-29-20-28-11-12-32(48-38(3)24-44(4)25-38)22-33(28)39(29)14-16-40(17-15-39,37(45)46)43-31-9-6-8-30(41)21-31/h6,8-9,11-13,18,21-22,26-27,29,43H,5,7,10,14-17,19-20,23-25H2,1-4H3,(H,45,46)/t26-,27-,29?,39?,40?/m1/s1. The summed E-state index contributed by atoms with van der Waals surface area (Å²) in [5.41, 5.74) is 4.61. The van der Waals surface area contributed by atoms with Gasteiger partial charge in [0, 0.05) is 41.3 Å². The highest BCUT2D eigenvalue weighted by Crippen LogP contribution is 2.57. The number of likely N-dealkylation sites (N-methyl/N-ethyl adjacent to an activating group) is 1. The van der Waals surface area contributed by atoms with Gasteiger partial charge in [0.1, 0.15) is 22.6 Å². The Balaban J connectivity index is 1.14. The molecular formula is C40H50ClN3O4. The molecule has 2 N–H and O–H groups in total. The molecule has 256 valence electrons. The van der Waals surface area contributed by atoms with Gasteiger partial charge in [-0.3, -0.25) is 9.88 Å². The predicted octanol–water partition coefficient (Wildman–Crippen LogP) is 8.28. The van der Waals surface area contributed by atoms with Crippen LogP contribution in [0, 0.1) is 11.8 Å². The maximum absolute atomic E-state index is 13.0. The number of rotatable bonds is 10. The molecule has 1 saturated carbocycles. The highest BCUT2D eigenvalue weighted by molar-refractivity contribution is 6.30. The van der Waals surface area contributed by atoms with Crippen LogP contribution in [0.15, 0.2) is 54.7 Å². The lowest BCUT2D eigenvalue weighted by Gasteiger charge is -2.48. The SMILES string of the molecule is C[C@@H](COc1ccnc2c1[C@H](C)CCC2)CC1Cc2ccc(OC3(C)CN(C)C3)cc2C12CCC(Nc1cccc(Cl)c1)(C(=O)O)CC2. The first-order valence-electron chi connectivity index (χ1n) is 17.9. The molecule has 3 aliphatic carbocycles. The molecule has 3 aromatic rings. The molecule has 1 unspecified atom stereocenters. The summed E-state index contributed by atoms with van der Waals surface area (Å²) < 4.78 is 13.2. The fraction of sp³-hybridized carbons (Fsp3) is 0.550. The zero-order valence-electron chi connectivity index (χ0n) is 28.9. The van der Waals surface area contributed by atoms with Crippen molar-refractivity contribution in [2.24, 2.45) is 11.8 Å². The van der Waals surface area contributed by atoms with Gasteiger partial charge in [0.2, 0.25) is 0 Å². The van der Waals surface area contributed by atoms with Crippen LogP contribution in [0.25, 0.3) is 0 Å². The minimum absolute atomic E-state index is 0.125. The van der Waals surface area contributed by atoms with Crippen LogP contribution in [-0.4, -0.2) is 58.8 Å². The van der Waals surface area contributed by atoms with E-state index in [1.54, 1.807) is 0 Å². The highest BCUT2D eigenvalue weighted by atomic mass is 35.5. The minimum Gasteiger partial charge on any atom is -0.493 e. The summed E-state index contributed by atoms with van der Waals surface area (Å²) in [6, 6.07) is 16.1. The van der Waals surface area contributed by atoms with E-state index in [4.69, 9.17) is 21.1 Å². The van der Waals surface area contributed by atoms with Crippen molar-refractivity contribution in [2.75, 3.05) is 32.1 Å². The van der Waals surface area contributed by atoms with Crippen LogP contribution in [0.3, 0.4) is 0 Å². The van der Waals surface area contributed by atoms with Crippen LogP contribution in [0.1, 0.15) is 94.0 Å². The Morgan fingerprint density at radius 1 is 1.15 bits per heavy atom. The number of hydrogen-bond donors (Lipinski definition) is 2. The number of halogens is 1. The summed E-state index contributed by atoms with van der Waals surface area (Å²) in [5, 5.41) is 14.6. The zero-order chi connectivity index (χ0) is 33.7. The van der Waals surface area contributed by atoms with Gasteiger partial charge < -0.3 is 19.9 Å². The zero-order valence-corrected chi connectivity index (χ0v) is 29.6. The van der Waals surface area contributed by atoms with Gasteiger partial charge in [-0.1, -0.05) is 37.6 Å². The molecule has 2 heterocycles. The third-order valence-corrected chi connectivity index (χ3v) is 12.1. The highest BCUT2D eigenvalue weighted by Gasteiger charge is 2.54. The summed E-state index contributed by atoms with van der Waals surface area (Å²) in [4.78, 5) is 19.9. The van der Waals surface area contributed by atoms with Crippen LogP contribution in [0.2, 0.25) is 5.02 Å². The first-order chi connectivity index (χ1) is 23.0. The molecule has 8 heteroatoms. The second-order valence-corrected chi connectivity index (χ2v) is 16.2. The number of ether oxygens (including phenoxy) is 2. The predicted molar refractivity (Wildman–Crippen MR) is 191 cm³/mol. The van der Waals surface area contributed by atoms with Crippen LogP contribution >= 0.6 is 11.6 Å². The smallest absolute Gasteiger partial charge is 0.329 e. The number of nitrogens with one attached hydrogen (secondary N) is 1. The monoisotopic (exact) mass is 671 g/mol. The molecule has 48 heavy (non-hydrogen) atoms. The lowest BCUT2D eigenvalue weighted by atomic mass is 9.59. The molecule has 1 saturated heterocycles. The van der Waals surface area contributed by atoms with Crippen LogP contribution in [-0.2, 0) is 23.1 Å². The Kier molecular flexibility index (Phi) is 8.91. The van der Waals surface area contributed by atoms with Crippen molar-refractivity contribution in [2.45, 2.75) is 101 Å². The van der Waals surface area contributed by atoms with Gasteiger partial charge in [-0.15, -0.1) is 0 Å². The second kappa shape index (κ2) is 12.9. The van der Waals surface area contributed by atoms with E-state index in [0.717, 1.165) is 62.4 Å². The molecule has 1 aromatic heterocycles. The Bertz CT molecular complexity index is 1660. The number of carboxylic acid groups (broad SMARTS) is 1. The average Bonchev–Trinajstić information content (AvgIpc) is 3.32. The maximum Gasteiger partial charge on any atom is 0.329 e. The summed E-state index contributed by atoms with van der Waals surface area (Å²) in [6.45, 7) is 9.25. The number of carbonyl (C=O) groups is 1. The van der Waals surface area contributed by atoms with Gasteiger partial charge in [0.15, 0.2) is 0 Å². The molecular weight excluding hydrogens is 622 g/mol. The number of pyridine rings is 1. The molecule has 2 aromatic carbocycles. The van der Waals surface area contributed by atoms with E-state index in [9.17, 15) is 9.90 Å². The van der Waals surface area contributed by atoms with Crippen LogP contribution in [0.4, 0.5) is 5.69 Å². The molecule has 3 atom stereocenters. The molecule has 4 aliphatic rings. The number of nitrogens with zero attached hydrogens (tertiary/aromatic N) is 2. The third kappa shape index (κ3) is 6.29. The lowest BCUT2D eigenvalue weighted by Crippen LogP contribution is -2.61. The van der Waals surface area contributed by atoms with Crippen molar-refractivity contribution < 1.29 is 19.4 Å². The van der Waals surface area contributed by atoms with Gasteiger partial charge in [0.05, 0.1) is 6.61 Å². The Labute approximate surface area is 290 Å². The van der Waals surface area contributed by atoms with Gasteiger partial charge in [-0.2, -0.15) is 0 Å². The number of aromatic nitrogens is 1. The van der Waals surface area contributed by atoms with E-state index in [1.807, 2.05) is 36.5 Å². The first-order valence-corrected chi connectivity index (χ1v) is 18.2. The molecule has 7 nitrogen and oxygen atoms in total. The topological polar surface area (TPSA) is 83.9 Å². The van der Waals surface area contributed by atoms with E-state index in [-0.39, 0.29) is 11.0 Å². The number of hydrogen-bond acceptors (Lipinski definition) is 6. The Morgan fingerprint density at radius 2 is 1.94 bits per heavy atom. The molecule has 0 bridgehead atoms. The molecule has 7 rings (SSSR count). The van der Waals surface area contributed by atoms with Crippen molar-refractivity contribution in [3.8, 4) is 11.5 Å². The number of likely N-dealkylation sites (tertiary alicyclic amines) is 1. The maximum atomic E-state index is 13.0. The van der Waals surface area contributed by atoms with Crippen molar-refractivity contribution in [1.82, 2.24) is 9.88 Å². The normalized spacial score (nSPS) is 28.2.